The van der Waals surface area contributed by atoms with Gasteiger partial charge in [-0.2, -0.15) is 0 Å². The molecule has 0 bridgehead atoms. The van der Waals surface area contributed by atoms with Gasteiger partial charge in [0.25, 0.3) is 0 Å². The summed E-state index contributed by atoms with van der Waals surface area (Å²) in [4.78, 5) is 40.2. The molecule has 0 saturated heterocycles. The molecule has 0 aliphatic carbocycles. The van der Waals surface area contributed by atoms with E-state index >= 15 is 0 Å². The lowest BCUT2D eigenvalue weighted by Gasteiger charge is -2.20. The highest BCUT2D eigenvalue weighted by Gasteiger charge is 2.19. The zero-order valence-electron chi connectivity index (χ0n) is 39.7. The molecule has 10 heteroatoms. The van der Waals surface area contributed by atoms with Crippen molar-refractivity contribution in [3.63, 3.8) is 0 Å². The minimum Gasteiger partial charge on any atom is -0.465 e. The molecule has 0 fully saturated rings. The lowest BCUT2D eigenvalue weighted by molar-refractivity contribution is -0.161. The van der Waals surface area contributed by atoms with Crippen molar-refractivity contribution < 1.29 is 42.8 Å². The van der Waals surface area contributed by atoms with E-state index < -0.39 is 12.4 Å². The Hall–Kier alpha value is -2.95. The van der Waals surface area contributed by atoms with E-state index in [1.165, 1.54) is 25.7 Å². The number of rotatable bonds is 44. The number of hydrogen-bond donors (Lipinski definition) is 0. The van der Waals surface area contributed by atoms with Crippen molar-refractivity contribution >= 4 is 18.1 Å². The minimum atomic E-state index is -0.727. The first-order valence-electron chi connectivity index (χ1n) is 24.6. The SMILES string of the molecule is CC/C=C\CCCCOC(CCC(=O)OCC(CCOC(=O)OCCCN(CC)CC)COC(=O)CCCCCCC/C=C\C/C=C\CCCCC)OCCCC/C=C\CC. The van der Waals surface area contributed by atoms with E-state index in [0.29, 0.717) is 32.5 Å². The van der Waals surface area contributed by atoms with E-state index in [1.54, 1.807) is 0 Å². The van der Waals surface area contributed by atoms with Gasteiger partial charge in [-0.1, -0.05) is 115 Å². The number of allylic oxidation sites excluding steroid dienone is 8. The molecule has 1 unspecified atom stereocenters. The zero-order chi connectivity index (χ0) is 44.7. The molecular weight excluding hydrogens is 771 g/mol. The summed E-state index contributed by atoms with van der Waals surface area (Å²) in [6.07, 6.45) is 38.9. The maximum Gasteiger partial charge on any atom is 0.508 e. The van der Waals surface area contributed by atoms with Crippen LogP contribution in [-0.2, 0) is 38.0 Å². The number of nitrogens with zero attached hydrogens (tertiary/aromatic N) is 1. The molecule has 0 aromatic rings. The predicted molar refractivity (Wildman–Crippen MR) is 251 cm³/mol. The molecule has 0 saturated carbocycles. The fourth-order valence-corrected chi connectivity index (χ4v) is 6.37. The third-order valence-corrected chi connectivity index (χ3v) is 10.3. The summed E-state index contributed by atoms with van der Waals surface area (Å²) in [7, 11) is 0. The van der Waals surface area contributed by atoms with Crippen molar-refractivity contribution in [3.8, 4) is 0 Å². The van der Waals surface area contributed by atoms with Crippen LogP contribution in [0.5, 0.6) is 0 Å². The highest BCUT2D eigenvalue weighted by atomic mass is 16.7. The van der Waals surface area contributed by atoms with E-state index in [-0.39, 0.29) is 50.7 Å². The van der Waals surface area contributed by atoms with Gasteiger partial charge in [0.1, 0.15) is 0 Å². The summed E-state index contributed by atoms with van der Waals surface area (Å²) in [6.45, 7) is 15.0. The van der Waals surface area contributed by atoms with Gasteiger partial charge in [0.2, 0.25) is 0 Å². The summed E-state index contributed by atoms with van der Waals surface area (Å²) in [5, 5.41) is 0. The number of esters is 2. The molecule has 0 aliphatic heterocycles. The van der Waals surface area contributed by atoms with Crippen LogP contribution in [0.15, 0.2) is 48.6 Å². The quantitative estimate of drug-likeness (QED) is 0.0193. The fourth-order valence-electron chi connectivity index (χ4n) is 6.37. The van der Waals surface area contributed by atoms with E-state index in [9.17, 15) is 14.4 Å². The lowest BCUT2D eigenvalue weighted by Crippen LogP contribution is -2.25. The van der Waals surface area contributed by atoms with Gasteiger partial charge in [0.15, 0.2) is 6.29 Å². The van der Waals surface area contributed by atoms with Crippen molar-refractivity contribution in [1.82, 2.24) is 4.90 Å². The third kappa shape index (κ3) is 42.1. The van der Waals surface area contributed by atoms with Crippen molar-refractivity contribution in [3.05, 3.63) is 48.6 Å². The van der Waals surface area contributed by atoms with Crippen LogP contribution < -0.4 is 0 Å². The summed E-state index contributed by atoms with van der Waals surface area (Å²) in [5.74, 6) is -0.975. The molecule has 0 radical (unpaired) electrons. The number of hydrogen-bond acceptors (Lipinski definition) is 10. The number of carbonyl (C=O) groups is 3. The van der Waals surface area contributed by atoms with Crippen molar-refractivity contribution in [1.29, 1.82) is 0 Å². The van der Waals surface area contributed by atoms with Crippen LogP contribution in [0, 0.1) is 5.92 Å². The maximum atomic E-state index is 13.0. The highest BCUT2D eigenvalue weighted by Crippen LogP contribution is 2.14. The molecule has 0 amide bonds. The summed E-state index contributed by atoms with van der Waals surface area (Å²) in [5.41, 5.74) is 0. The van der Waals surface area contributed by atoms with Gasteiger partial charge in [-0.3, -0.25) is 9.59 Å². The van der Waals surface area contributed by atoms with Crippen LogP contribution in [0.1, 0.15) is 189 Å². The normalized spacial score (nSPS) is 12.5. The fraction of sp³-hybridized carbons (Fsp3) is 0.784. The maximum absolute atomic E-state index is 13.0. The number of carbonyl (C=O) groups excluding carboxylic acids is 3. The van der Waals surface area contributed by atoms with Crippen LogP contribution in [0.25, 0.3) is 0 Å². The molecule has 0 aromatic heterocycles. The Morgan fingerprint density at radius 3 is 1.56 bits per heavy atom. The molecule has 0 aromatic carbocycles. The average molecular weight is 862 g/mol. The molecule has 0 aliphatic rings. The highest BCUT2D eigenvalue weighted by molar-refractivity contribution is 5.69. The van der Waals surface area contributed by atoms with Crippen LogP contribution in [0.3, 0.4) is 0 Å². The van der Waals surface area contributed by atoms with Gasteiger partial charge in [-0.05, 0) is 116 Å². The molecule has 0 heterocycles. The third-order valence-electron chi connectivity index (χ3n) is 10.3. The molecule has 1 atom stereocenters. The Morgan fingerprint density at radius 2 is 0.984 bits per heavy atom. The monoisotopic (exact) mass is 862 g/mol. The first-order chi connectivity index (χ1) is 29.9. The minimum absolute atomic E-state index is 0.0427. The summed E-state index contributed by atoms with van der Waals surface area (Å²) in [6, 6.07) is 0. The van der Waals surface area contributed by atoms with Gasteiger partial charge in [-0.25, -0.2) is 4.79 Å². The van der Waals surface area contributed by atoms with Crippen molar-refractivity contribution in [2.45, 2.75) is 195 Å². The van der Waals surface area contributed by atoms with Crippen molar-refractivity contribution in [2.24, 2.45) is 5.92 Å². The molecule has 61 heavy (non-hydrogen) atoms. The topological polar surface area (TPSA) is 110 Å². The van der Waals surface area contributed by atoms with E-state index in [0.717, 1.165) is 122 Å². The van der Waals surface area contributed by atoms with Gasteiger partial charge >= 0.3 is 18.1 Å². The average Bonchev–Trinajstić information content (AvgIpc) is 3.26. The van der Waals surface area contributed by atoms with Crippen LogP contribution in [-0.4, -0.2) is 88.6 Å². The molecule has 0 N–H and O–H groups in total. The van der Waals surface area contributed by atoms with E-state index in [1.807, 2.05) is 0 Å². The second kappa shape index (κ2) is 46.6. The summed E-state index contributed by atoms with van der Waals surface area (Å²) >= 11 is 0. The smallest absolute Gasteiger partial charge is 0.465 e. The second-order valence-electron chi connectivity index (χ2n) is 15.8. The summed E-state index contributed by atoms with van der Waals surface area (Å²) < 4.78 is 34.0. The van der Waals surface area contributed by atoms with Crippen molar-refractivity contribution in [2.75, 3.05) is 59.3 Å². The first kappa shape index (κ1) is 58.0. The molecule has 354 valence electrons. The van der Waals surface area contributed by atoms with E-state index in [2.05, 4.69) is 88.1 Å². The molecule has 0 rings (SSSR count). The second-order valence-corrected chi connectivity index (χ2v) is 15.8. The number of ether oxygens (including phenoxy) is 6. The van der Waals surface area contributed by atoms with Crippen LogP contribution in [0.4, 0.5) is 4.79 Å². The predicted octanol–water partition coefficient (Wildman–Crippen LogP) is 13.2. The van der Waals surface area contributed by atoms with Gasteiger partial charge in [-0.15, -0.1) is 0 Å². The Labute approximate surface area is 373 Å². The lowest BCUT2D eigenvalue weighted by atomic mass is 10.1. The van der Waals surface area contributed by atoms with Gasteiger partial charge in [0, 0.05) is 38.5 Å². The Balaban J connectivity index is 4.88. The molecular formula is C51H91NO9. The largest absolute Gasteiger partial charge is 0.508 e. The Morgan fingerprint density at radius 1 is 0.475 bits per heavy atom. The first-order valence-corrected chi connectivity index (χ1v) is 24.6. The number of unbranched alkanes of at least 4 members (excludes halogenated alkanes) is 12. The standard InChI is InChI=1S/C51H91NO9/c1-6-11-14-17-20-21-22-23-24-25-26-27-28-29-32-36-48(53)60-45-47(39-44-59-51(55)58-43-35-40-52(9-4)10-5)46-61-49(54)37-38-50(56-41-33-30-18-15-12-7-2)57-42-34-31-19-16-13-8-3/h12-13,15-16,20-21,23-24,47,50H,6-11,14,17-19,22,25-46H2,1-5H3/b15-12-,16-13-,21-20-,24-23-. The Bertz CT molecular complexity index is 1090. The van der Waals surface area contributed by atoms with Crippen LogP contribution in [0.2, 0.25) is 0 Å². The van der Waals surface area contributed by atoms with E-state index in [4.69, 9.17) is 28.4 Å². The molecule has 10 nitrogen and oxygen atoms in total. The zero-order valence-corrected chi connectivity index (χ0v) is 39.7. The van der Waals surface area contributed by atoms with Gasteiger partial charge in [0.05, 0.1) is 32.8 Å². The molecule has 0 spiro atoms. The van der Waals surface area contributed by atoms with Gasteiger partial charge < -0.3 is 33.3 Å². The van der Waals surface area contributed by atoms with Crippen LogP contribution >= 0.6 is 0 Å². The Kier molecular flexibility index (Phi) is 44.3.